The maximum atomic E-state index is 13.5. The van der Waals surface area contributed by atoms with Gasteiger partial charge in [-0.1, -0.05) is 55.4 Å². The number of nitrogens with zero attached hydrogens (tertiary/aromatic N) is 6. The molecule has 4 atom stereocenters. The highest BCUT2D eigenvalue weighted by molar-refractivity contribution is 7.99. The number of carbonyl (C=O) groups excluding carboxylic acids is 1. The third-order valence-electron chi connectivity index (χ3n) is 7.81. The number of anilines is 2. The molecule has 2 aliphatic rings. The second-order valence-corrected chi connectivity index (χ2v) is 12.6. The molecule has 11 nitrogen and oxygen atoms in total. The molecule has 3 aromatic rings. The predicted octanol–water partition coefficient (Wildman–Crippen LogP) is 4.66. The van der Waals surface area contributed by atoms with Gasteiger partial charge in [0.25, 0.3) is 0 Å². The molecule has 0 radical (unpaired) electrons. The van der Waals surface area contributed by atoms with Gasteiger partial charge in [-0.2, -0.15) is 0 Å². The van der Waals surface area contributed by atoms with E-state index in [9.17, 15) is 4.79 Å². The quantitative estimate of drug-likeness (QED) is 0.155. The summed E-state index contributed by atoms with van der Waals surface area (Å²) < 4.78 is 14.5. The Balaban J connectivity index is 1.32. The lowest BCUT2D eigenvalue weighted by atomic mass is 10.0. The van der Waals surface area contributed by atoms with Crippen molar-refractivity contribution in [3.63, 3.8) is 0 Å². The Morgan fingerprint density at radius 1 is 1.10 bits per heavy atom. The van der Waals surface area contributed by atoms with E-state index in [1.165, 1.54) is 0 Å². The first-order valence-corrected chi connectivity index (χ1v) is 16.2. The summed E-state index contributed by atoms with van der Waals surface area (Å²) in [7, 11) is 2.07. The molecular weight excluding hydrogens is 552 g/mol. The van der Waals surface area contributed by atoms with Crippen LogP contribution in [0.1, 0.15) is 65.8 Å². The van der Waals surface area contributed by atoms with Crippen LogP contribution in [0.15, 0.2) is 35.5 Å². The molecule has 1 aromatic carbocycles. The fraction of sp³-hybridized carbons (Fsp3) is 0.633. The van der Waals surface area contributed by atoms with Crippen LogP contribution in [0.5, 0.6) is 0 Å². The van der Waals surface area contributed by atoms with Crippen molar-refractivity contribution >= 4 is 40.3 Å². The van der Waals surface area contributed by atoms with Gasteiger partial charge in [-0.3, -0.25) is 4.79 Å². The second-order valence-electron chi connectivity index (χ2n) is 11.6. The van der Waals surface area contributed by atoms with Gasteiger partial charge in [-0.05, 0) is 51.7 Å². The number of fused-ring (bicyclic) bond motifs is 2. The van der Waals surface area contributed by atoms with Crippen LogP contribution < -0.4 is 15.5 Å². The molecule has 1 aliphatic heterocycles. The van der Waals surface area contributed by atoms with E-state index in [0.29, 0.717) is 35.1 Å². The molecule has 3 heterocycles. The summed E-state index contributed by atoms with van der Waals surface area (Å²) >= 11 is 1.62. The molecule has 12 heteroatoms. The van der Waals surface area contributed by atoms with Gasteiger partial charge in [0.1, 0.15) is 12.2 Å². The SMILES string of the molecule is CCCCNc1nc(SCCC)nc2c1nnn2[C@@H]1C[C@H](C(=O)NCCCN(C)c2ccccc2)[C@H]2OC(C)(C)O[C@H]21. The van der Waals surface area contributed by atoms with Crippen LogP contribution in [0, 0.1) is 5.92 Å². The number of unbranched alkanes of at least 4 members (excludes halogenated alkanes) is 1. The van der Waals surface area contributed by atoms with Crippen molar-refractivity contribution in [3.8, 4) is 0 Å². The van der Waals surface area contributed by atoms with E-state index in [-0.39, 0.29) is 30.1 Å². The first-order valence-electron chi connectivity index (χ1n) is 15.2. The van der Waals surface area contributed by atoms with Crippen LogP contribution in [-0.4, -0.2) is 81.3 Å². The molecule has 0 spiro atoms. The normalized spacial score (nSPS) is 22.8. The zero-order valence-corrected chi connectivity index (χ0v) is 26.2. The van der Waals surface area contributed by atoms with Crippen molar-refractivity contribution in [1.29, 1.82) is 0 Å². The Morgan fingerprint density at radius 3 is 2.64 bits per heavy atom. The van der Waals surface area contributed by atoms with Gasteiger partial charge in [0, 0.05) is 38.1 Å². The monoisotopic (exact) mass is 596 g/mol. The van der Waals surface area contributed by atoms with E-state index in [1.807, 2.05) is 36.7 Å². The van der Waals surface area contributed by atoms with Gasteiger partial charge in [0.2, 0.25) is 5.91 Å². The number of rotatable bonds is 14. The van der Waals surface area contributed by atoms with E-state index >= 15 is 0 Å². The number of thioether (sulfide) groups is 1. The zero-order chi connectivity index (χ0) is 29.7. The summed E-state index contributed by atoms with van der Waals surface area (Å²) in [4.78, 5) is 25.4. The van der Waals surface area contributed by atoms with Crippen molar-refractivity contribution in [2.45, 2.75) is 89.0 Å². The zero-order valence-electron chi connectivity index (χ0n) is 25.4. The minimum absolute atomic E-state index is 0.0173. The first kappa shape index (κ1) is 30.5. The van der Waals surface area contributed by atoms with Crippen molar-refractivity contribution in [2.24, 2.45) is 5.92 Å². The number of hydrogen-bond donors (Lipinski definition) is 2. The van der Waals surface area contributed by atoms with E-state index < -0.39 is 5.79 Å². The van der Waals surface area contributed by atoms with Crippen LogP contribution in [0.3, 0.4) is 0 Å². The predicted molar refractivity (Wildman–Crippen MR) is 166 cm³/mol. The second kappa shape index (κ2) is 13.6. The summed E-state index contributed by atoms with van der Waals surface area (Å²) in [5.74, 6) is 0.434. The highest BCUT2D eigenvalue weighted by Gasteiger charge is 2.57. The molecule has 0 unspecified atom stereocenters. The molecule has 42 heavy (non-hydrogen) atoms. The molecule has 1 saturated heterocycles. The van der Waals surface area contributed by atoms with E-state index in [2.05, 4.69) is 58.9 Å². The van der Waals surface area contributed by atoms with E-state index in [4.69, 9.17) is 19.4 Å². The highest BCUT2D eigenvalue weighted by atomic mass is 32.2. The van der Waals surface area contributed by atoms with Crippen LogP contribution in [0.25, 0.3) is 11.2 Å². The van der Waals surface area contributed by atoms with Crippen LogP contribution >= 0.6 is 11.8 Å². The standard InChI is InChI=1S/C30H44N8O3S/c1-6-8-15-31-26-23-27(34-29(33-26)42-18-7-2)38(36-35-23)22-19-21(24-25(22)41-30(3,4)40-24)28(39)32-16-12-17-37(5)20-13-10-9-11-14-20/h9-11,13-14,21-22,24-25H,6-8,12,15-19H2,1-5H3,(H,32,39)(H,31,33,34)/t21-,22+,24+,25-/m0/s1. The molecule has 1 saturated carbocycles. The molecule has 1 amide bonds. The van der Waals surface area contributed by atoms with Crippen LogP contribution in [0.4, 0.5) is 11.5 Å². The van der Waals surface area contributed by atoms with Crippen LogP contribution in [0.2, 0.25) is 0 Å². The molecule has 228 valence electrons. The fourth-order valence-electron chi connectivity index (χ4n) is 5.72. The maximum absolute atomic E-state index is 13.5. The van der Waals surface area contributed by atoms with Gasteiger partial charge in [0.05, 0.1) is 12.0 Å². The average molecular weight is 597 g/mol. The topological polar surface area (TPSA) is 119 Å². The Hall–Kier alpha value is -2.96. The molecule has 2 aromatic heterocycles. The van der Waals surface area contributed by atoms with Gasteiger partial charge >= 0.3 is 0 Å². The lowest BCUT2D eigenvalue weighted by molar-refractivity contribution is -0.163. The summed E-state index contributed by atoms with van der Waals surface area (Å²) in [6, 6.07) is 10.0. The summed E-state index contributed by atoms with van der Waals surface area (Å²) in [6.07, 6.45) is 3.77. The molecule has 2 fully saturated rings. The minimum Gasteiger partial charge on any atom is -0.375 e. The molecule has 1 aliphatic carbocycles. The molecule has 5 rings (SSSR count). The van der Waals surface area contributed by atoms with Crippen molar-refractivity contribution in [3.05, 3.63) is 30.3 Å². The smallest absolute Gasteiger partial charge is 0.225 e. The average Bonchev–Trinajstić information content (AvgIpc) is 3.65. The van der Waals surface area contributed by atoms with Gasteiger partial charge in [-0.15, -0.1) is 5.10 Å². The molecular formula is C30H44N8O3S. The largest absolute Gasteiger partial charge is 0.375 e. The Labute approximate surface area is 252 Å². The van der Waals surface area contributed by atoms with Gasteiger partial charge in [-0.25, -0.2) is 14.6 Å². The van der Waals surface area contributed by atoms with E-state index in [1.54, 1.807) is 11.8 Å². The number of para-hydroxylation sites is 1. The van der Waals surface area contributed by atoms with E-state index in [0.717, 1.165) is 50.2 Å². The summed E-state index contributed by atoms with van der Waals surface area (Å²) in [5.41, 5.74) is 2.45. The van der Waals surface area contributed by atoms with Crippen molar-refractivity contribution in [1.82, 2.24) is 30.3 Å². The highest BCUT2D eigenvalue weighted by Crippen LogP contribution is 2.47. The number of amides is 1. The van der Waals surface area contributed by atoms with Crippen molar-refractivity contribution in [2.75, 3.05) is 42.7 Å². The number of aromatic nitrogens is 5. The van der Waals surface area contributed by atoms with Crippen LogP contribution in [-0.2, 0) is 14.3 Å². The Kier molecular flexibility index (Phi) is 9.85. The lowest BCUT2D eigenvalue weighted by Gasteiger charge is -2.23. The third-order valence-corrected chi connectivity index (χ3v) is 8.87. The van der Waals surface area contributed by atoms with Gasteiger partial charge < -0.3 is 25.0 Å². The number of benzene rings is 1. The van der Waals surface area contributed by atoms with Gasteiger partial charge in [0.15, 0.2) is 27.9 Å². The number of hydrogen-bond acceptors (Lipinski definition) is 10. The molecule has 0 bridgehead atoms. The first-order chi connectivity index (χ1) is 20.3. The third kappa shape index (κ3) is 6.81. The summed E-state index contributed by atoms with van der Waals surface area (Å²) in [6.45, 7) is 10.3. The Morgan fingerprint density at radius 2 is 1.88 bits per heavy atom. The summed E-state index contributed by atoms with van der Waals surface area (Å²) in [5, 5.41) is 16.3. The maximum Gasteiger partial charge on any atom is 0.225 e. The number of ether oxygens (including phenoxy) is 2. The lowest BCUT2D eigenvalue weighted by Crippen LogP contribution is -2.38. The fourth-order valence-corrected chi connectivity index (χ4v) is 6.41. The number of carbonyl (C=O) groups is 1. The van der Waals surface area contributed by atoms with Crippen molar-refractivity contribution < 1.29 is 14.3 Å². The Bertz CT molecular complexity index is 1340. The molecule has 2 N–H and O–H groups in total. The minimum atomic E-state index is -0.800. The number of nitrogens with one attached hydrogen (secondary N) is 2.